The van der Waals surface area contributed by atoms with Gasteiger partial charge in [-0.25, -0.2) is 4.79 Å². The Bertz CT molecular complexity index is 740. The van der Waals surface area contributed by atoms with Crippen LogP contribution in [-0.4, -0.2) is 25.0 Å². The highest BCUT2D eigenvalue weighted by atomic mass is 16.5. The molecule has 0 saturated carbocycles. The Hall–Kier alpha value is -3.07. The molecule has 2 aromatic rings. The minimum absolute atomic E-state index is 0.189. The Labute approximate surface area is 140 Å². The van der Waals surface area contributed by atoms with Gasteiger partial charge in [0.2, 0.25) is 0 Å². The lowest BCUT2D eigenvalue weighted by Gasteiger charge is -2.22. The fraction of sp³-hybridized carbons (Fsp3) is 0.278. The number of nitrogens with zero attached hydrogens (tertiary/aromatic N) is 2. The first-order valence-corrected chi connectivity index (χ1v) is 7.46. The van der Waals surface area contributed by atoms with E-state index in [0.29, 0.717) is 5.69 Å². The first-order chi connectivity index (χ1) is 11.5. The molecule has 0 atom stereocenters. The van der Waals surface area contributed by atoms with Crippen molar-refractivity contribution in [3.63, 3.8) is 0 Å². The quantitative estimate of drug-likeness (QED) is 0.762. The van der Waals surface area contributed by atoms with Crippen molar-refractivity contribution < 1.29 is 18.7 Å². The van der Waals surface area contributed by atoms with Gasteiger partial charge in [0.1, 0.15) is 6.26 Å². The number of ether oxygens (including phenoxy) is 1. The van der Waals surface area contributed by atoms with Crippen LogP contribution in [-0.2, 0) is 9.53 Å². The monoisotopic (exact) mass is 326 g/mol. The lowest BCUT2D eigenvalue weighted by Crippen LogP contribution is -2.35. The standard InChI is InChI=1S/C18H18N2O4/c1-13-8-14(2)10-16(9-13)20(6-3-5-19)17(21)12-24-18(22)15-4-7-23-11-15/h4,7-11H,3,6,12H2,1-2H3. The van der Waals surface area contributed by atoms with Gasteiger partial charge in [-0.3, -0.25) is 4.79 Å². The molecule has 0 spiro atoms. The van der Waals surface area contributed by atoms with E-state index in [4.69, 9.17) is 14.4 Å². The first kappa shape index (κ1) is 17.3. The van der Waals surface area contributed by atoms with Crippen molar-refractivity contribution in [1.82, 2.24) is 0 Å². The maximum Gasteiger partial charge on any atom is 0.341 e. The van der Waals surface area contributed by atoms with Crippen LogP contribution in [0.4, 0.5) is 5.69 Å². The van der Waals surface area contributed by atoms with E-state index in [-0.39, 0.29) is 24.4 Å². The summed E-state index contributed by atoms with van der Waals surface area (Å²) in [5.41, 5.74) is 2.95. The molecular weight excluding hydrogens is 308 g/mol. The van der Waals surface area contributed by atoms with E-state index in [9.17, 15) is 9.59 Å². The van der Waals surface area contributed by atoms with E-state index in [2.05, 4.69) is 0 Å². The van der Waals surface area contributed by atoms with E-state index in [1.54, 1.807) is 0 Å². The van der Waals surface area contributed by atoms with Crippen molar-refractivity contribution in [2.24, 2.45) is 0 Å². The van der Waals surface area contributed by atoms with Crippen LogP contribution in [0, 0.1) is 25.2 Å². The molecule has 0 saturated heterocycles. The summed E-state index contributed by atoms with van der Waals surface area (Å²) >= 11 is 0. The third-order valence-electron chi connectivity index (χ3n) is 3.35. The highest BCUT2D eigenvalue weighted by Gasteiger charge is 2.19. The summed E-state index contributed by atoms with van der Waals surface area (Å²) in [6.45, 7) is 3.70. The van der Waals surface area contributed by atoms with Gasteiger partial charge in [0.15, 0.2) is 6.61 Å². The van der Waals surface area contributed by atoms with E-state index in [0.717, 1.165) is 11.1 Å². The van der Waals surface area contributed by atoms with Gasteiger partial charge in [0.25, 0.3) is 5.91 Å². The minimum Gasteiger partial charge on any atom is -0.472 e. The minimum atomic E-state index is -0.627. The second kappa shape index (κ2) is 7.97. The molecule has 2 rings (SSSR count). The molecule has 0 unspecified atom stereocenters. The third-order valence-corrected chi connectivity index (χ3v) is 3.35. The summed E-state index contributed by atoms with van der Waals surface area (Å²) in [6.07, 6.45) is 2.80. The third kappa shape index (κ3) is 4.46. The van der Waals surface area contributed by atoms with Gasteiger partial charge in [-0.05, 0) is 43.2 Å². The molecular formula is C18H18N2O4. The largest absolute Gasteiger partial charge is 0.472 e. The molecule has 0 aliphatic carbocycles. The second-order valence-electron chi connectivity index (χ2n) is 5.39. The number of aryl methyl sites for hydroxylation is 2. The van der Waals surface area contributed by atoms with Crippen molar-refractivity contribution in [2.75, 3.05) is 18.1 Å². The fourth-order valence-electron chi connectivity index (χ4n) is 2.34. The van der Waals surface area contributed by atoms with Crippen LogP contribution in [0.5, 0.6) is 0 Å². The van der Waals surface area contributed by atoms with Crippen molar-refractivity contribution in [3.05, 3.63) is 53.5 Å². The number of carbonyl (C=O) groups excluding carboxylic acids is 2. The SMILES string of the molecule is Cc1cc(C)cc(N(CCC#N)C(=O)COC(=O)c2ccoc2)c1. The fourth-order valence-corrected chi connectivity index (χ4v) is 2.34. The van der Waals surface area contributed by atoms with Crippen LogP contribution in [0.15, 0.2) is 41.2 Å². The molecule has 0 N–H and O–H groups in total. The molecule has 6 heteroatoms. The zero-order valence-corrected chi connectivity index (χ0v) is 13.6. The molecule has 6 nitrogen and oxygen atoms in total. The predicted octanol–water partition coefficient (Wildman–Crippen LogP) is 3.00. The summed E-state index contributed by atoms with van der Waals surface area (Å²) < 4.78 is 9.82. The van der Waals surface area contributed by atoms with Gasteiger partial charge in [-0.2, -0.15) is 5.26 Å². The van der Waals surface area contributed by atoms with Crippen molar-refractivity contribution in [3.8, 4) is 6.07 Å². The zero-order valence-electron chi connectivity index (χ0n) is 13.6. The Morgan fingerprint density at radius 3 is 2.54 bits per heavy atom. The summed E-state index contributed by atoms with van der Waals surface area (Å²) in [7, 11) is 0. The van der Waals surface area contributed by atoms with Crippen molar-refractivity contribution in [2.45, 2.75) is 20.3 Å². The van der Waals surface area contributed by atoms with Gasteiger partial charge >= 0.3 is 5.97 Å². The number of furan rings is 1. The van der Waals surface area contributed by atoms with Crippen LogP contribution in [0.2, 0.25) is 0 Å². The second-order valence-corrected chi connectivity index (χ2v) is 5.39. The van der Waals surface area contributed by atoms with E-state index >= 15 is 0 Å². The first-order valence-electron chi connectivity index (χ1n) is 7.46. The molecule has 0 radical (unpaired) electrons. The van der Waals surface area contributed by atoms with Crippen LogP contribution in [0.3, 0.4) is 0 Å². The summed E-state index contributed by atoms with van der Waals surface area (Å²) in [5.74, 6) is -1.01. The number of benzene rings is 1. The number of carbonyl (C=O) groups is 2. The molecule has 1 aromatic carbocycles. The smallest absolute Gasteiger partial charge is 0.341 e. The Morgan fingerprint density at radius 1 is 1.25 bits per heavy atom. The highest BCUT2D eigenvalue weighted by molar-refractivity contribution is 5.97. The molecule has 124 valence electrons. The number of nitriles is 1. The number of amides is 1. The maximum atomic E-state index is 12.5. The Kier molecular flexibility index (Phi) is 5.74. The normalized spacial score (nSPS) is 10.0. The van der Waals surface area contributed by atoms with Crippen molar-refractivity contribution >= 4 is 17.6 Å². The lowest BCUT2D eigenvalue weighted by molar-refractivity contribution is -0.121. The molecule has 1 amide bonds. The average molecular weight is 326 g/mol. The predicted molar refractivity (Wildman–Crippen MR) is 87.5 cm³/mol. The van der Waals surface area contributed by atoms with Gasteiger partial charge in [-0.1, -0.05) is 6.07 Å². The number of anilines is 1. The Balaban J connectivity index is 2.10. The summed E-state index contributed by atoms with van der Waals surface area (Å²) in [5, 5.41) is 8.81. The van der Waals surface area contributed by atoms with Crippen LogP contribution in [0.25, 0.3) is 0 Å². The van der Waals surface area contributed by atoms with Crippen LogP contribution < -0.4 is 4.90 Å². The van der Waals surface area contributed by atoms with E-state index in [1.165, 1.54) is 23.5 Å². The van der Waals surface area contributed by atoms with Crippen LogP contribution >= 0.6 is 0 Å². The van der Waals surface area contributed by atoms with Gasteiger partial charge in [0, 0.05) is 12.2 Å². The average Bonchev–Trinajstić information content (AvgIpc) is 3.06. The molecule has 1 aromatic heterocycles. The summed E-state index contributed by atoms with van der Waals surface area (Å²) in [6, 6.07) is 9.21. The summed E-state index contributed by atoms with van der Waals surface area (Å²) in [4.78, 5) is 25.7. The maximum absolute atomic E-state index is 12.5. The van der Waals surface area contributed by atoms with E-state index < -0.39 is 12.6 Å². The zero-order chi connectivity index (χ0) is 17.5. The number of esters is 1. The van der Waals surface area contributed by atoms with Crippen LogP contribution in [0.1, 0.15) is 27.9 Å². The lowest BCUT2D eigenvalue weighted by atomic mass is 10.1. The molecule has 0 aliphatic heterocycles. The number of rotatable bonds is 6. The number of hydrogen-bond donors (Lipinski definition) is 0. The highest BCUT2D eigenvalue weighted by Crippen LogP contribution is 2.19. The van der Waals surface area contributed by atoms with Crippen molar-refractivity contribution in [1.29, 1.82) is 5.26 Å². The van der Waals surface area contributed by atoms with Gasteiger partial charge in [0.05, 0.1) is 24.3 Å². The number of hydrogen-bond acceptors (Lipinski definition) is 5. The molecule has 0 aliphatic rings. The molecule has 0 bridgehead atoms. The van der Waals surface area contributed by atoms with Gasteiger partial charge in [-0.15, -0.1) is 0 Å². The Morgan fingerprint density at radius 2 is 1.96 bits per heavy atom. The topological polar surface area (TPSA) is 83.5 Å². The molecule has 24 heavy (non-hydrogen) atoms. The molecule has 0 fully saturated rings. The van der Waals surface area contributed by atoms with Gasteiger partial charge < -0.3 is 14.1 Å². The molecule has 1 heterocycles. The van der Waals surface area contributed by atoms with E-state index in [1.807, 2.05) is 38.1 Å².